The number of benzene rings is 3. The molecule has 0 fully saturated rings. The monoisotopic (exact) mass is 734 g/mol. The standard InChI is InChI=1S/C36H35BrN2O8S/c1-6-44-27-15-13-23(14-16-27)31-30(35(42)46-8-3)21(4)38-36-39(31)33(40)29(48-36)18-25-17-26(37)19-28(43-5)32(25)47-20-22-9-11-24(12-10-22)34(41)45-7-2/h9-19,31H,6-8,20H2,1-5H3/b29-18-/t31-/m0/s1. The fraction of sp³-hybridized carbons (Fsp3) is 0.278. The van der Waals surface area contributed by atoms with E-state index in [-0.39, 0.29) is 18.8 Å². The summed E-state index contributed by atoms with van der Waals surface area (Å²) in [7, 11) is 1.54. The van der Waals surface area contributed by atoms with Gasteiger partial charge in [-0.2, -0.15) is 0 Å². The maximum atomic E-state index is 14.2. The van der Waals surface area contributed by atoms with Crippen LogP contribution in [0.3, 0.4) is 0 Å². The summed E-state index contributed by atoms with van der Waals surface area (Å²) in [6.07, 6.45) is 1.73. The largest absolute Gasteiger partial charge is 0.494 e. The number of aromatic nitrogens is 1. The van der Waals surface area contributed by atoms with Crippen LogP contribution in [0, 0.1) is 0 Å². The molecule has 0 N–H and O–H groups in total. The molecule has 12 heteroatoms. The number of carbonyl (C=O) groups excluding carboxylic acids is 2. The molecule has 10 nitrogen and oxygen atoms in total. The second-order valence-electron chi connectivity index (χ2n) is 10.5. The van der Waals surface area contributed by atoms with Crippen molar-refractivity contribution in [1.82, 2.24) is 4.57 Å². The van der Waals surface area contributed by atoms with Gasteiger partial charge in [-0.3, -0.25) is 9.36 Å². The van der Waals surface area contributed by atoms with Crippen LogP contribution in [-0.2, 0) is 20.9 Å². The van der Waals surface area contributed by atoms with E-state index in [1.165, 1.54) is 23.0 Å². The van der Waals surface area contributed by atoms with Gasteiger partial charge in [0.15, 0.2) is 16.3 Å². The maximum absolute atomic E-state index is 14.2. The van der Waals surface area contributed by atoms with E-state index >= 15 is 0 Å². The number of hydrogen-bond donors (Lipinski definition) is 0. The Balaban J connectivity index is 1.58. The first-order valence-corrected chi connectivity index (χ1v) is 17.0. The number of esters is 2. The maximum Gasteiger partial charge on any atom is 0.338 e. The highest BCUT2D eigenvalue weighted by Crippen LogP contribution is 2.36. The Labute approximate surface area is 290 Å². The minimum absolute atomic E-state index is 0.170. The number of ether oxygens (including phenoxy) is 5. The molecule has 0 spiro atoms. The first kappa shape index (κ1) is 34.6. The first-order chi connectivity index (χ1) is 23.2. The van der Waals surface area contributed by atoms with Gasteiger partial charge in [-0.15, -0.1) is 0 Å². The van der Waals surface area contributed by atoms with Crippen LogP contribution < -0.4 is 29.1 Å². The van der Waals surface area contributed by atoms with Crippen LogP contribution in [0.5, 0.6) is 17.2 Å². The van der Waals surface area contributed by atoms with Crippen LogP contribution in [0.4, 0.5) is 0 Å². The zero-order valence-electron chi connectivity index (χ0n) is 27.2. The van der Waals surface area contributed by atoms with Crippen LogP contribution in [0.15, 0.2) is 86.2 Å². The number of halogens is 1. The van der Waals surface area contributed by atoms with E-state index in [0.29, 0.717) is 67.8 Å². The molecule has 4 aromatic rings. The van der Waals surface area contributed by atoms with E-state index in [1.807, 2.05) is 37.3 Å². The van der Waals surface area contributed by atoms with E-state index in [4.69, 9.17) is 23.7 Å². The molecule has 0 unspecified atom stereocenters. The van der Waals surface area contributed by atoms with Crippen molar-refractivity contribution < 1.29 is 33.3 Å². The molecule has 0 bridgehead atoms. The van der Waals surface area contributed by atoms with Gasteiger partial charge in [0.25, 0.3) is 5.56 Å². The Bertz CT molecular complexity index is 2030. The number of allylic oxidation sites excluding steroid dienone is 1. The molecule has 0 aliphatic carbocycles. The number of fused-ring (bicyclic) bond motifs is 1. The third kappa shape index (κ3) is 7.39. The lowest BCUT2D eigenvalue weighted by atomic mass is 9.96. The topological polar surface area (TPSA) is 115 Å². The Hall–Kier alpha value is -4.68. The molecular weight excluding hydrogens is 700 g/mol. The summed E-state index contributed by atoms with van der Waals surface area (Å²) in [5.74, 6) is 0.636. The molecule has 0 radical (unpaired) electrons. The molecule has 0 amide bonds. The van der Waals surface area contributed by atoms with Crippen molar-refractivity contribution >= 4 is 45.3 Å². The Kier molecular flexibility index (Phi) is 11.2. The van der Waals surface area contributed by atoms with Crippen molar-refractivity contribution in [2.24, 2.45) is 4.99 Å². The molecule has 1 aromatic heterocycles. The average Bonchev–Trinajstić information content (AvgIpc) is 3.37. The molecule has 48 heavy (non-hydrogen) atoms. The normalized spacial score (nSPS) is 14.2. The minimum atomic E-state index is -0.761. The lowest BCUT2D eigenvalue weighted by Crippen LogP contribution is -2.39. The molecule has 0 saturated heterocycles. The van der Waals surface area contributed by atoms with Crippen molar-refractivity contribution in [3.05, 3.63) is 118 Å². The van der Waals surface area contributed by atoms with E-state index in [2.05, 4.69) is 20.9 Å². The van der Waals surface area contributed by atoms with E-state index in [1.54, 1.807) is 57.2 Å². The quantitative estimate of drug-likeness (QED) is 0.170. The lowest BCUT2D eigenvalue weighted by molar-refractivity contribution is -0.139. The van der Waals surface area contributed by atoms with Crippen LogP contribution in [-0.4, -0.2) is 43.4 Å². The summed E-state index contributed by atoms with van der Waals surface area (Å²) in [5.41, 5.74) is 3.01. The fourth-order valence-electron chi connectivity index (χ4n) is 5.27. The van der Waals surface area contributed by atoms with Crippen molar-refractivity contribution in [2.75, 3.05) is 26.9 Å². The Morgan fingerprint density at radius 3 is 2.27 bits per heavy atom. The predicted octanol–water partition coefficient (Wildman–Crippen LogP) is 5.72. The summed E-state index contributed by atoms with van der Waals surface area (Å²) >= 11 is 4.75. The van der Waals surface area contributed by atoms with E-state index < -0.39 is 18.0 Å². The number of rotatable bonds is 12. The molecule has 1 aliphatic heterocycles. The molecule has 1 aliphatic rings. The molecule has 2 heterocycles. The summed E-state index contributed by atoms with van der Waals surface area (Å²) < 4.78 is 30.7. The van der Waals surface area contributed by atoms with Gasteiger partial charge in [-0.05, 0) is 81.3 Å². The third-order valence-electron chi connectivity index (χ3n) is 7.43. The lowest BCUT2D eigenvalue weighted by Gasteiger charge is -2.24. The number of thiazole rings is 1. The van der Waals surface area contributed by atoms with Gasteiger partial charge < -0.3 is 23.7 Å². The number of methoxy groups -OCH3 is 1. The first-order valence-electron chi connectivity index (χ1n) is 15.4. The van der Waals surface area contributed by atoms with Crippen LogP contribution in [0.2, 0.25) is 0 Å². The Morgan fingerprint density at radius 2 is 1.62 bits per heavy atom. The highest BCUT2D eigenvalue weighted by Gasteiger charge is 2.33. The van der Waals surface area contributed by atoms with Crippen molar-refractivity contribution in [3.63, 3.8) is 0 Å². The van der Waals surface area contributed by atoms with Gasteiger partial charge >= 0.3 is 11.9 Å². The smallest absolute Gasteiger partial charge is 0.338 e. The third-order valence-corrected chi connectivity index (χ3v) is 8.87. The molecule has 5 rings (SSSR count). The van der Waals surface area contributed by atoms with E-state index in [0.717, 1.165) is 10.0 Å². The highest BCUT2D eigenvalue weighted by molar-refractivity contribution is 9.10. The SMILES string of the molecule is CCOC(=O)C1=C(C)N=c2s/c(=C\c3cc(Br)cc(OC)c3OCc3ccc(C(=O)OCC)cc3)c(=O)n2[C@H]1c1ccc(OCC)cc1. The average molecular weight is 736 g/mol. The highest BCUT2D eigenvalue weighted by atomic mass is 79.9. The summed E-state index contributed by atoms with van der Waals surface area (Å²) in [6.45, 7) is 8.29. The van der Waals surface area contributed by atoms with Gasteiger partial charge in [0.05, 0.1) is 54.3 Å². The fourth-order valence-corrected chi connectivity index (χ4v) is 6.76. The van der Waals surface area contributed by atoms with Crippen LogP contribution >= 0.6 is 27.3 Å². The molecule has 1 atom stereocenters. The molecule has 0 saturated carbocycles. The van der Waals surface area contributed by atoms with Gasteiger partial charge in [-0.25, -0.2) is 14.6 Å². The second-order valence-corrected chi connectivity index (χ2v) is 12.5. The van der Waals surface area contributed by atoms with Gasteiger partial charge in [0.2, 0.25) is 0 Å². The molecule has 250 valence electrons. The van der Waals surface area contributed by atoms with Crippen molar-refractivity contribution in [1.29, 1.82) is 0 Å². The number of nitrogens with zero attached hydrogens (tertiary/aromatic N) is 2. The summed E-state index contributed by atoms with van der Waals surface area (Å²) in [6, 6.07) is 17.1. The van der Waals surface area contributed by atoms with Crippen molar-refractivity contribution in [2.45, 2.75) is 40.3 Å². The van der Waals surface area contributed by atoms with E-state index in [9.17, 15) is 14.4 Å². The minimum Gasteiger partial charge on any atom is -0.494 e. The molecule has 3 aromatic carbocycles. The second kappa shape index (κ2) is 15.5. The Morgan fingerprint density at radius 1 is 0.938 bits per heavy atom. The van der Waals surface area contributed by atoms with Gasteiger partial charge in [0, 0.05) is 10.0 Å². The zero-order chi connectivity index (χ0) is 34.4. The van der Waals surface area contributed by atoms with Crippen LogP contribution in [0.25, 0.3) is 6.08 Å². The van der Waals surface area contributed by atoms with Crippen LogP contribution in [0.1, 0.15) is 60.8 Å². The number of hydrogen-bond acceptors (Lipinski definition) is 10. The van der Waals surface area contributed by atoms with Gasteiger partial charge in [-0.1, -0.05) is 51.5 Å². The summed E-state index contributed by atoms with van der Waals surface area (Å²) in [5, 5.41) is 0. The molecular formula is C36H35BrN2O8S. The van der Waals surface area contributed by atoms with Crippen molar-refractivity contribution in [3.8, 4) is 17.2 Å². The summed E-state index contributed by atoms with van der Waals surface area (Å²) in [4.78, 5) is 44.7. The predicted molar refractivity (Wildman–Crippen MR) is 185 cm³/mol. The number of carbonyl (C=O) groups is 2. The van der Waals surface area contributed by atoms with Gasteiger partial charge in [0.1, 0.15) is 12.4 Å². The zero-order valence-corrected chi connectivity index (χ0v) is 29.6.